The highest BCUT2D eigenvalue weighted by Gasteiger charge is 2.51. The number of nitrogens with zero attached hydrogens (tertiary/aromatic N) is 1. The topological polar surface area (TPSA) is 29.5 Å². The largest absolute Gasteiger partial charge is 0.471 e. The van der Waals surface area contributed by atoms with Gasteiger partial charge >= 0.3 is 12.1 Å². The van der Waals surface area contributed by atoms with Gasteiger partial charge in [0.2, 0.25) is 0 Å². The summed E-state index contributed by atoms with van der Waals surface area (Å²) in [6.07, 6.45) is -6.87. The molecule has 0 aliphatic carbocycles. The maximum absolute atomic E-state index is 13.2. The van der Waals surface area contributed by atoms with Gasteiger partial charge in [0.25, 0.3) is 5.92 Å². The molecule has 94 valence electrons. The molecule has 1 aliphatic heterocycles. The van der Waals surface area contributed by atoms with Crippen LogP contribution in [0.4, 0.5) is 22.0 Å². The summed E-state index contributed by atoms with van der Waals surface area (Å²) in [5, 5.41) is 0. The van der Waals surface area contributed by atoms with Crippen LogP contribution in [-0.4, -0.2) is 49.2 Å². The van der Waals surface area contributed by atoms with Crippen molar-refractivity contribution < 1.29 is 31.5 Å². The third-order valence-corrected chi connectivity index (χ3v) is 2.35. The zero-order valence-corrected chi connectivity index (χ0v) is 8.35. The van der Waals surface area contributed by atoms with Crippen LogP contribution in [0.1, 0.15) is 6.42 Å². The lowest BCUT2D eigenvalue weighted by molar-refractivity contribution is -0.204. The van der Waals surface area contributed by atoms with Gasteiger partial charge in [0.1, 0.15) is 6.10 Å². The first-order chi connectivity index (χ1) is 7.18. The van der Waals surface area contributed by atoms with Crippen molar-refractivity contribution >= 4 is 5.91 Å². The van der Waals surface area contributed by atoms with E-state index in [1.807, 2.05) is 0 Å². The predicted octanol–water partition coefficient (Wildman–Crippen LogP) is 1.43. The molecule has 0 aromatic rings. The van der Waals surface area contributed by atoms with Crippen LogP contribution in [0.15, 0.2) is 0 Å². The minimum Gasteiger partial charge on any atom is -0.375 e. The number of alkyl halides is 5. The summed E-state index contributed by atoms with van der Waals surface area (Å²) in [4.78, 5) is 10.8. The van der Waals surface area contributed by atoms with E-state index < -0.39 is 30.7 Å². The number of amides is 1. The average Bonchev–Trinajstić information content (AvgIpc) is 2.13. The van der Waals surface area contributed by atoms with Gasteiger partial charge in [-0.15, -0.1) is 0 Å². The van der Waals surface area contributed by atoms with Gasteiger partial charge in [-0.2, -0.15) is 13.2 Å². The van der Waals surface area contributed by atoms with Crippen LogP contribution in [0.5, 0.6) is 0 Å². The van der Waals surface area contributed by atoms with Gasteiger partial charge < -0.3 is 9.64 Å². The first-order valence-corrected chi connectivity index (χ1v) is 4.45. The van der Waals surface area contributed by atoms with E-state index in [4.69, 9.17) is 0 Å². The van der Waals surface area contributed by atoms with Crippen molar-refractivity contribution in [1.29, 1.82) is 0 Å². The van der Waals surface area contributed by atoms with Crippen molar-refractivity contribution in [3.63, 3.8) is 0 Å². The number of halogens is 5. The van der Waals surface area contributed by atoms with Gasteiger partial charge in [0.05, 0.1) is 6.54 Å². The van der Waals surface area contributed by atoms with Gasteiger partial charge in [-0.3, -0.25) is 4.79 Å². The quantitative estimate of drug-likeness (QED) is 0.656. The number of methoxy groups -OCH3 is 1. The molecular weight excluding hydrogens is 237 g/mol. The molecule has 3 nitrogen and oxygen atoms in total. The van der Waals surface area contributed by atoms with Crippen molar-refractivity contribution in [2.75, 3.05) is 20.2 Å². The van der Waals surface area contributed by atoms with Crippen LogP contribution in [0.3, 0.4) is 0 Å². The molecule has 16 heavy (non-hydrogen) atoms. The van der Waals surface area contributed by atoms with Crippen molar-refractivity contribution in [1.82, 2.24) is 4.90 Å². The maximum atomic E-state index is 13.2. The monoisotopic (exact) mass is 247 g/mol. The Morgan fingerprint density at radius 3 is 2.38 bits per heavy atom. The van der Waals surface area contributed by atoms with Gasteiger partial charge in [-0.05, 0) is 6.42 Å². The standard InChI is InChI=1S/C8H10F5NO2/c1-16-5-2-3-14(4-7(5,9)10)6(15)8(11,12)13/h5H,2-4H2,1H3. The Balaban J connectivity index is 2.73. The molecule has 0 spiro atoms. The number of ether oxygens (including phenoxy) is 1. The maximum Gasteiger partial charge on any atom is 0.471 e. The van der Waals surface area contributed by atoms with Crippen molar-refractivity contribution in [3.8, 4) is 0 Å². The summed E-state index contributed by atoms with van der Waals surface area (Å²) >= 11 is 0. The van der Waals surface area contributed by atoms with E-state index in [0.717, 1.165) is 7.11 Å². The summed E-state index contributed by atoms with van der Waals surface area (Å²) in [5.74, 6) is -5.68. The van der Waals surface area contributed by atoms with E-state index >= 15 is 0 Å². The summed E-state index contributed by atoms with van der Waals surface area (Å²) in [6, 6.07) is 0. The van der Waals surface area contributed by atoms with Crippen LogP contribution in [0, 0.1) is 0 Å². The Hall–Kier alpha value is -0.920. The van der Waals surface area contributed by atoms with Gasteiger partial charge in [0.15, 0.2) is 0 Å². The summed E-state index contributed by atoms with van der Waals surface area (Å²) in [7, 11) is 1.06. The average molecular weight is 247 g/mol. The van der Waals surface area contributed by atoms with Gasteiger partial charge in [-0.25, -0.2) is 8.78 Å². The third kappa shape index (κ3) is 2.60. The molecule has 0 saturated carbocycles. The summed E-state index contributed by atoms with van der Waals surface area (Å²) < 4.78 is 66.8. The Morgan fingerprint density at radius 2 is 2.00 bits per heavy atom. The van der Waals surface area contributed by atoms with Crippen LogP contribution in [0.2, 0.25) is 0 Å². The minimum absolute atomic E-state index is 0.107. The second kappa shape index (κ2) is 4.15. The number of carbonyl (C=O) groups is 1. The Bertz CT molecular complexity index is 278. The fourth-order valence-electron chi connectivity index (χ4n) is 1.56. The molecule has 1 amide bonds. The number of hydrogen-bond donors (Lipinski definition) is 0. The highest BCUT2D eigenvalue weighted by atomic mass is 19.4. The van der Waals surface area contributed by atoms with Crippen LogP contribution in [-0.2, 0) is 9.53 Å². The van der Waals surface area contributed by atoms with E-state index in [1.165, 1.54) is 0 Å². The van der Waals surface area contributed by atoms with E-state index in [-0.39, 0.29) is 17.9 Å². The molecule has 1 saturated heterocycles. The number of carbonyl (C=O) groups excluding carboxylic acids is 1. The Morgan fingerprint density at radius 1 is 1.44 bits per heavy atom. The fourth-order valence-corrected chi connectivity index (χ4v) is 1.56. The molecule has 0 aromatic carbocycles. The van der Waals surface area contributed by atoms with Crippen molar-refractivity contribution in [2.24, 2.45) is 0 Å². The Labute approximate surface area is 88.2 Å². The second-order valence-electron chi connectivity index (χ2n) is 3.50. The third-order valence-electron chi connectivity index (χ3n) is 2.35. The molecule has 0 N–H and O–H groups in total. The van der Waals surface area contributed by atoms with Gasteiger partial charge in [-0.1, -0.05) is 0 Å². The lowest BCUT2D eigenvalue weighted by atomic mass is 10.0. The molecule has 1 fully saturated rings. The van der Waals surface area contributed by atoms with E-state index in [1.54, 1.807) is 0 Å². The molecule has 1 heterocycles. The van der Waals surface area contributed by atoms with Crippen molar-refractivity contribution in [3.05, 3.63) is 0 Å². The molecule has 8 heteroatoms. The minimum atomic E-state index is -5.12. The van der Waals surface area contributed by atoms with E-state index in [0.29, 0.717) is 0 Å². The number of likely N-dealkylation sites (tertiary alicyclic amines) is 1. The molecule has 0 radical (unpaired) electrons. The van der Waals surface area contributed by atoms with Gasteiger partial charge in [0, 0.05) is 13.7 Å². The molecule has 1 atom stereocenters. The normalized spacial score (nSPS) is 25.6. The van der Waals surface area contributed by atoms with Crippen LogP contribution < -0.4 is 0 Å². The predicted molar refractivity (Wildman–Crippen MR) is 43.0 cm³/mol. The van der Waals surface area contributed by atoms with E-state index in [9.17, 15) is 26.7 Å². The first kappa shape index (κ1) is 13.1. The summed E-state index contributed by atoms with van der Waals surface area (Å²) in [5.41, 5.74) is 0. The lowest BCUT2D eigenvalue weighted by Crippen LogP contribution is -2.56. The molecule has 1 unspecified atom stereocenters. The number of rotatable bonds is 1. The zero-order valence-electron chi connectivity index (χ0n) is 8.35. The Kier molecular flexibility index (Phi) is 3.41. The first-order valence-electron chi connectivity index (χ1n) is 4.45. The zero-order chi connectivity index (χ0) is 12.6. The molecule has 0 aromatic heterocycles. The molecule has 1 aliphatic rings. The second-order valence-corrected chi connectivity index (χ2v) is 3.50. The summed E-state index contributed by atoms with van der Waals surface area (Å²) in [6.45, 7) is -1.64. The van der Waals surface area contributed by atoms with Crippen LogP contribution in [0.25, 0.3) is 0 Å². The van der Waals surface area contributed by atoms with Crippen LogP contribution >= 0.6 is 0 Å². The molecular formula is C8H10F5NO2. The molecule has 1 rings (SSSR count). The highest BCUT2D eigenvalue weighted by molar-refractivity contribution is 5.82. The smallest absolute Gasteiger partial charge is 0.375 e. The van der Waals surface area contributed by atoms with E-state index in [2.05, 4.69) is 4.74 Å². The lowest BCUT2D eigenvalue weighted by Gasteiger charge is -2.37. The number of piperidine rings is 1. The highest BCUT2D eigenvalue weighted by Crippen LogP contribution is 2.31. The molecule has 0 bridgehead atoms. The fraction of sp³-hybridized carbons (Fsp3) is 0.875. The SMILES string of the molecule is COC1CCN(C(=O)C(F)(F)F)CC1(F)F. The van der Waals surface area contributed by atoms with Crippen molar-refractivity contribution in [2.45, 2.75) is 24.6 Å². The number of hydrogen-bond acceptors (Lipinski definition) is 2.